The minimum absolute atomic E-state index is 0.0593. The second kappa shape index (κ2) is 7.55. The number of nitrogens with one attached hydrogen (secondary N) is 2. The topological polar surface area (TPSA) is 62.0 Å². The first-order valence-corrected chi connectivity index (χ1v) is 10.5. The molecule has 2 saturated carbocycles. The third-order valence-corrected chi connectivity index (χ3v) is 6.51. The van der Waals surface area contributed by atoms with Crippen molar-refractivity contribution in [2.24, 2.45) is 5.92 Å². The molecular formula is C24H21F3N2O2. The van der Waals surface area contributed by atoms with Gasteiger partial charge in [-0.05, 0) is 66.6 Å². The Morgan fingerprint density at radius 2 is 1.77 bits per heavy atom. The second-order valence-electron chi connectivity index (χ2n) is 8.58. The maximum atomic E-state index is 14.4. The van der Waals surface area contributed by atoms with Crippen LogP contribution in [0.4, 0.5) is 13.2 Å². The van der Waals surface area contributed by atoms with Crippen molar-refractivity contribution in [3.8, 4) is 11.3 Å². The van der Waals surface area contributed by atoms with Crippen LogP contribution in [0.2, 0.25) is 0 Å². The molecule has 1 amide bonds. The number of aromatic nitrogens is 1. The van der Waals surface area contributed by atoms with E-state index in [9.17, 15) is 22.8 Å². The van der Waals surface area contributed by atoms with E-state index in [0.29, 0.717) is 48.7 Å². The summed E-state index contributed by atoms with van der Waals surface area (Å²) >= 11 is 0. The number of ketones is 1. The summed E-state index contributed by atoms with van der Waals surface area (Å²) in [5.41, 5.74) is 2.24. The van der Waals surface area contributed by atoms with Gasteiger partial charge in [0.15, 0.2) is 0 Å². The van der Waals surface area contributed by atoms with Gasteiger partial charge < -0.3 is 10.3 Å². The Hall–Kier alpha value is -3.09. The number of hydrogen-bond donors (Lipinski definition) is 2. The average Bonchev–Trinajstić information content (AvgIpc) is 3.25. The number of benzene rings is 2. The maximum absolute atomic E-state index is 14.4. The summed E-state index contributed by atoms with van der Waals surface area (Å²) in [7, 11) is 0. The lowest BCUT2D eigenvalue weighted by Gasteiger charge is -2.35. The molecule has 2 fully saturated rings. The van der Waals surface area contributed by atoms with Crippen LogP contribution >= 0.6 is 0 Å². The number of aromatic amines is 1. The van der Waals surface area contributed by atoms with Crippen LogP contribution in [0.1, 0.15) is 43.6 Å². The molecule has 0 saturated heterocycles. The van der Waals surface area contributed by atoms with Gasteiger partial charge in [-0.2, -0.15) is 0 Å². The monoisotopic (exact) mass is 426 g/mol. The van der Waals surface area contributed by atoms with E-state index in [4.69, 9.17) is 0 Å². The van der Waals surface area contributed by atoms with E-state index in [1.807, 2.05) is 0 Å². The van der Waals surface area contributed by atoms with Crippen molar-refractivity contribution in [3.63, 3.8) is 0 Å². The number of Topliss-reactive ketones (excluding diaryl/α,β-unsaturated/α-hetero) is 1. The van der Waals surface area contributed by atoms with Crippen LogP contribution in [0.25, 0.3) is 22.2 Å². The van der Waals surface area contributed by atoms with Crippen LogP contribution in [-0.4, -0.2) is 22.7 Å². The number of rotatable bonds is 4. The van der Waals surface area contributed by atoms with Gasteiger partial charge in [0.2, 0.25) is 5.91 Å². The molecular weight excluding hydrogens is 405 g/mol. The zero-order chi connectivity index (χ0) is 21.7. The van der Waals surface area contributed by atoms with Crippen molar-refractivity contribution < 1.29 is 22.8 Å². The smallest absolute Gasteiger partial charge is 0.223 e. The van der Waals surface area contributed by atoms with Crippen molar-refractivity contribution in [1.82, 2.24) is 10.3 Å². The van der Waals surface area contributed by atoms with E-state index < -0.39 is 11.6 Å². The normalized spacial score (nSPS) is 23.2. The lowest BCUT2D eigenvalue weighted by atomic mass is 9.69. The Balaban J connectivity index is 1.44. The van der Waals surface area contributed by atoms with Crippen molar-refractivity contribution in [2.75, 3.05) is 0 Å². The predicted octanol–water partition coefficient (Wildman–Crippen LogP) is 4.98. The van der Waals surface area contributed by atoms with Gasteiger partial charge in [0, 0.05) is 36.3 Å². The van der Waals surface area contributed by atoms with E-state index >= 15 is 0 Å². The molecule has 0 spiro atoms. The predicted molar refractivity (Wildman–Crippen MR) is 110 cm³/mol. The Morgan fingerprint density at radius 3 is 2.45 bits per heavy atom. The summed E-state index contributed by atoms with van der Waals surface area (Å²) in [6.07, 6.45) is 2.66. The first kappa shape index (κ1) is 19.8. The van der Waals surface area contributed by atoms with Gasteiger partial charge in [-0.15, -0.1) is 0 Å². The van der Waals surface area contributed by atoms with E-state index in [2.05, 4.69) is 10.3 Å². The van der Waals surface area contributed by atoms with Gasteiger partial charge in [-0.1, -0.05) is 0 Å². The summed E-state index contributed by atoms with van der Waals surface area (Å²) in [6, 6.07) is 7.87. The Kier molecular flexibility index (Phi) is 4.84. The summed E-state index contributed by atoms with van der Waals surface area (Å²) in [6.45, 7) is 0. The first-order chi connectivity index (χ1) is 14.9. The molecule has 160 valence electrons. The number of hydrogen-bond acceptors (Lipinski definition) is 2. The maximum Gasteiger partial charge on any atom is 0.223 e. The molecule has 1 unspecified atom stereocenters. The highest BCUT2D eigenvalue weighted by Gasteiger charge is 2.39. The zero-order valence-electron chi connectivity index (χ0n) is 16.7. The fourth-order valence-electron chi connectivity index (χ4n) is 4.83. The molecule has 5 rings (SSSR count). The van der Waals surface area contributed by atoms with Crippen molar-refractivity contribution in [1.29, 1.82) is 0 Å². The molecule has 1 aromatic heterocycles. The Labute approximate surface area is 176 Å². The fourth-order valence-corrected chi connectivity index (χ4v) is 4.83. The van der Waals surface area contributed by atoms with Gasteiger partial charge in [0.1, 0.15) is 23.2 Å². The highest BCUT2D eigenvalue weighted by molar-refractivity contribution is 5.93. The molecule has 2 aliphatic carbocycles. The summed E-state index contributed by atoms with van der Waals surface area (Å²) in [4.78, 5) is 27.1. The largest absolute Gasteiger partial charge is 0.353 e. The minimum atomic E-state index is -0.691. The molecule has 0 radical (unpaired) electrons. The van der Waals surface area contributed by atoms with E-state index in [0.717, 1.165) is 11.6 Å². The van der Waals surface area contributed by atoms with Gasteiger partial charge in [-0.3, -0.25) is 9.59 Å². The van der Waals surface area contributed by atoms with Gasteiger partial charge in [0.25, 0.3) is 0 Å². The van der Waals surface area contributed by atoms with Gasteiger partial charge >= 0.3 is 0 Å². The molecule has 31 heavy (non-hydrogen) atoms. The van der Waals surface area contributed by atoms with E-state index in [1.165, 1.54) is 18.2 Å². The molecule has 2 aliphatic rings. The van der Waals surface area contributed by atoms with Crippen LogP contribution < -0.4 is 5.32 Å². The Morgan fingerprint density at radius 1 is 1.03 bits per heavy atom. The molecule has 7 heteroatoms. The number of fused-ring (bicyclic) bond motifs is 1. The summed E-state index contributed by atoms with van der Waals surface area (Å²) in [5.74, 6) is -1.91. The van der Waals surface area contributed by atoms with Crippen LogP contribution in [0, 0.1) is 23.4 Å². The van der Waals surface area contributed by atoms with Crippen LogP contribution in [0.3, 0.4) is 0 Å². The third kappa shape index (κ3) is 3.62. The molecule has 0 aliphatic heterocycles. The molecule has 2 N–H and O–H groups in total. The highest BCUT2D eigenvalue weighted by atomic mass is 19.1. The minimum Gasteiger partial charge on any atom is -0.353 e. The fraction of sp³-hybridized carbons (Fsp3) is 0.333. The van der Waals surface area contributed by atoms with Crippen molar-refractivity contribution >= 4 is 22.6 Å². The van der Waals surface area contributed by atoms with Crippen molar-refractivity contribution in [3.05, 3.63) is 59.4 Å². The highest BCUT2D eigenvalue weighted by Crippen LogP contribution is 2.48. The van der Waals surface area contributed by atoms with E-state index in [1.54, 1.807) is 12.1 Å². The van der Waals surface area contributed by atoms with Crippen LogP contribution in [0.15, 0.2) is 36.4 Å². The van der Waals surface area contributed by atoms with Crippen LogP contribution in [0.5, 0.6) is 0 Å². The number of carbonyl (C=O) groups excluding carboxylic acids is 2. The van der Waals surface area contributed by atoms with E-state index in [-0.39, 0.29) is 40.9 Å². The summed E-state index contributed by atoms with van der Waals surface area (Å²) < 4.78 is 41.8. The molecule has 3 aromatic rings. The molecule has 1 atom stereocenters. The molecule has 4 nitrogen and oxygen atoms in total. The Bertz CT molecular complexity index is 1180. The number of H-pyrrole nitrogens is 1. The lowest BCUT2D eigenvalue weighted by molar-refractivity contribution is -0.128. The first-order valence-electron chi connectivity index (χ1n) is 10.5. The number of carbonyl (C=O) groups is 2. The number of amides is 1. The average molecular weight is 426 g/mol. The zero-order valence-corrected chi connectivity index (χ0v) is 16.7. The molecule has 2 aromatic carbocycles. The molecule has 1 heterocycles. The van der Waals surface area contributed by atoms with Gasteiger partial charge in [0.05, 0.1) is 11.2 Å². The standard InChI is InChI=1S/C24H21F3N2O2/c25-15-3-1-12(2-4-15)22-21(19-9-16(26)10-20(27)23(19)29-22)13-7-14(8-13)24(31)28-17-5-6-18(30)11-17/h1-4,9-10,13-14,17,29H,5-8,11H2,(H,28,31)/t13-,14-,17?. The van der Waals surface area contributed by atoms with Crippen LogP contribution in [-0.2, 0) is 9.59 Å². The second-order valence-corrected chi connectivity index (χ2v) is 8.58. The number of halogens is 3. The quantitative estimate of drug-likeness (QED) is 0.618. The lowest BCUT2D eigenvalue weighted by Crippen LogP contribution is -2.42. The molecule has 0 bridgehead atoms. The van der Waals surface area contributed by atoms with Gasteiger partial charge in [-0.25, -0.2) is 13.2 Å². The van der Waals surface area contributed by atoms with Crippen molar-refractivity contribution in [2.45, 2.75) is 44.1 Å². The SMILES string of the molecule is O=C1CCC(NC(=O)[C@H]2C[C@H](c3c(-c4ccc(F)cc4)[nH]c4c(F)cc(F)cc43)C2)C1. The third-order valence-electron chi connectivity index (χ3n) is 6.51. The summed E-state index contributed by atoms with van der Waals surface area (Å²) in [5, 5.41) is 3.40.